The summed E-state index contributed by atoms with van der Waals surface area (Å²) in [6, 6.07) is 22.1. The minimum atomic E-state index is -1.98. The number of halogens is 2. The van der Waals surface area contributed by atoms with Crippen LogP contribution in [0.1, 0.15) is 89.8 Å². The molecule has 0 spiro atoms. The molecule has 21 heteroatoms. The number of carbonyl (C=O) groups is 5. The number of amides is 5. The Bertz CT molecular complexity index is 3460. The van der Waals surface area contributed by atoms with Crippen molar-refractivity contribution >= 4 is 68.8 Å². The Morgan fingerprint density at radius 3 is 2.12 bits per heavy atom. The van der Waals surface area contributed by atoms with Crippen LogP contribution >= 0.6 is 11.3 Å². The molecule has 3 aliphatic heterocycles. The van der Waals surface area contributed by atoms with E-state index in [0.29, 0.717) is 53.1 Å². The average Bonchev–Trinajstić information content (AvgIpc) is 3.95. The number of carbonyl (C=O) groups excluding carboxylic acids is 5. The van der Waals surface area contributed by atoms with Gasteiger partial charge in [-0.2, -0.15) is 0 Å². The van der Waals surface area contributed by atoms with Crippen LogP contribution in [-0.4, -0.2) is 131 Å². The van der Waals surface area contributed by atoms with E-state index in [2.05, 4.69) is 42.1 Å². The molecule has 85 heavy (non-hydrogen) atoms. The zero-order valence-corrected chi connectivity index (χ0v) is 49.4. The van der Waals surface area contributed by atoms with Gasteiger partial charge in [-0.25, -0.2) is 13.8 Å². The molecule has 5 heterocycles. The molecule has 0 radical (unpaired) electrons. The van der Waals surface area contributed by atoms with E-state index in [1.165, 1.54) is 29.2 Å². The molecule has 5 fully saturated rings. The minimum absolute atomic E-state index is 0.0253. The lowest BCUT2D eigenvalue weighted by atomic mass is 9.85. The third kappa shape index (κ3) is 13.2. The summed E-state index contributed by atoms with van der Waals surface area (Å²) in [5, 5.41) is 22.8. The van der Waals surface area contributed by atoms with Crippen LogP contribution in [0.4, 0.5) is 25.8 Å². The van der Waals surface area contributed by atoms with Crippen LogP contribution < -0.4 is 40.4 Å². The number of fused-ring (bicyclic) bond motifs is 1. The monoisotopic (exact) mass is 1180 g/mol. The summed E-state index contributed by atoms with van der Waals surface area (Å²) in [6.45, 7) is 11.7. The van der Waals surface area contributed by atoms with Gasteiger partial charge in [-0.05, 0) is 148 Å². The average molecular weight is 1180 g/mol. The van der Waals surface area contributed by atoms with Crippen LogP contribution in [0, 0.1) is 29.5 Å². The molecule has 11 rings (SSSR count). The van der Waals surface area contributed by atoms with Gasteiger partial charge in [0, 0.05) is 80.8 Å². The molecule has 2 aliphatic carbocycles. The van der Waals surface area contributed by atoms with Crippen LogP contribution in [0.25, 0.3) is 21.3 Å². The van der Waals surface area contributed by atoms with Crippen LogP contribution in [-0.2, 0) is 30.5 Å². The summed E-state index contributed by atoms with van der Waals surface area (Å²) in [5.74, 6) is -0.0546. The van der Waals surface area contributed by atoms with Gasteiger partial charge in [0.15, 0.2) is 5.67 Å². The number of rotatable bonds is 19. The summed E-state index contributed by atoms with van der Waals surface area (Å²) >= 11 is 1.55. The third-order valence-electron chi connectivity index (χ3n) is 17.2. The quantitative estimate of drug-likeness (QED) is 0.0479. The smallest absolute Gasteiger partial charge is 0.258 e. The maximum Gasteiger partial charge on any atom is 0.258 e. The van der Waals surface area contributed by atoms with Crippen LogP contribution in [0.5, 0.6) is 23.0 Å². The molecule has 0 bridgehead atoms. The number of aromatic nitrogens is 2. The Balaban J connectivity index is 0.673. The van der Waals surface area contributed by atoms with Crippen LogP contribution in [0.15, 0.2) is 96.6 Å². The van der Waals surface area contributed by atoms with E-state index in [4.69, 9.17) is 19.2 Å². The van der Waals surface area contributed by atoms with Crippen molar-refractivity contribution in [3.63, 3.8) is 0 Å². The minimum Gasteiger partial charge on any atom is -0.495 e. The SMILES string of the molecule is COc1cc2c(Oc3ccc(NC(=O)C4(C(=O)Nc5ccc(F)cc5)CC4)cc3)ccnc2cc1N1CCC(CN2CCC(Oc3cc(-c4scnc4C)ccc3CNC(=O)[C@@H]3C[C@@H](O)CN3C(=O)[C@@H](NC(=O)C3(F)CC3)C(C)(C)C)CC2)CC1. The summed E-state index contributed by atoms with van der Waals surface area (Å²) in [7, 11) is 1.67. The maximum absolute atomic E-state index is 14.8. The fourth-order valence-corrected chi connectivity index (χ4v) is 12.5. The van der Waals surface area contributed by atoms with E-state index in [0.717, 1.165) is 96.7 Å². The Kier molecular flexibility index (Phi) is 16.9. The van der Waals surface area contributed by atoms with Crippen molar-refractivity contribution in [1.82, 2.24) is 30.4 Å². The number of benzene rings is 4. The number of ether oxygens (including phenoxy) is 3. The first-order valence-electron chi connectivity index (χ1n) is 29.3. The van der Waals surface area contributed by atoms with Crippen LogP contribution in [0.3, 0.4) is 0 Å². The highest BCUT2D eigenvalue weighted by Crippen LogP contribution is 2.48. The zero-order valence-electron chi connectivity index (χ0n) is 48.6. The van der Waals surface area contributed by atoms with Crippen molar-refractivity contribution in [2.75, 3.05) is 61.9 Å². The van der Waals surface area contributed by atoms with Gasteiger partial charge in [-0.3, -0.25) is 29.0 Å². The van der Waals surface area contributed by atoms with Crippen molar-refractivity contribution in [3.05, 3.63) is 114 Å². The highest BCUT2D eigenvalue weighted by molar-refractivity contribution is 7.13. The number of likely N-dealkylation sites (tertiary alicyclic amines) is 2. The molecular weight excluding hydrogens is 1110 g/mol. The Hall–Kier alpha value is -7.75. The Labute approximate surface area is 497 Å². The number of β-amino-alcohol motifs (C(OH)–C–C–N with tert-alkyl or cyclic N) is 1. The third-order valence-corrected chi connectivity index (χ3v) is 18.2. The second kappa shape index (κ2) is 24.3. The molecule has 5 amide bonds. The second-order valence-electron chi connectivity index (χ2n) is 24.5. The van der Waals surface area contributed by atoms with Gasteiger partial charge in [0.25, 0.3) is 5.91 Å². The number of aryl methyl sites for hydroxylation is 1. The van der Waals surface area contributed by atoms with Gasteiger partial charge in [0.2, 0.25) is 23.6 Å². The second-order valence-corrected chi connectivity index (χ2v) is 25.3. The van der Waals surface area contributed by atoms with E-state index in [1.807, 2.05) is 36.7 Å². The fourth-order valence-electron chi connectivity index (χ4n) is 11.7. The molecule has 448 valence electrons. The molecular formula is C64H73F2N9O9S. The molecule has 2 saturated carbocycles. The number of anilines is 3. The fraction of sp³-hybridized carbons (Fsp3) is 0.453. The number of aliphatic hydroxyl groups excluding tert-OH is 1. The number of nitrogens with zero attached hydrogens (tertiary/aromatic N) is 5. The van der Waals surface area contributed by atoms with E-state index < -0.39 is 70.0 Å². The number of pyridine rings is 1. The molecule has 3 saturated heterocycles. The topological polar surface area (TPSA) is 217 Å². The lowest BCUT2D eigenvalue weighted by molar-refractivity contribution is -0.145. The maximum atomic E-state index is 14.8. The summed E-state index contributed by atoms with van der Waals surface area (Å²) in [5.41, 5.74) is 3.14. The van der Waals surface area contributed by atoms with E-state index in [9.17, 15) is 37.9 Å². The van der Waals surface area contributed by atoms with Gasteiger partial charge in [-0.1, -0.05) is 32.9 Å². The number of piperidine rings is 2. The standard InChI is InChI=1S/C64H73F2N9O9S/c1-38-55(85-37-69-38)40-6-7-41(34-68-57(77)51-31-45(76)36-75(51)58(78)56(62(2,3)4)72-61(81)64(66)23-24-64)53(30-40)84-47-19-26-73(27-20-47)35-39-17-28-74(29-18-39)50-33-49-48(32-54(50)82-5)52(16-25-67-49)83-46-14-12-44(13-15-46)71-60(80)63(21-22-63)59(79)70-43-10-8-42(65)9-11-43/h6-16,25,30,32-33,37,39,45,47,51,56,76H,17-24,26-29,31,34-36H2,1-5H3,(H,68,77)(H,70,79)(H,71,80)(H,72,81)/t45-,51+,56-/m1/s1. The van der Waals surface area contributed by atoms with Crippen molar-refractivity contribution in [1.29, 1.82) is 0 Å². The normalized spacial score (nSPS) is 19.9. The largest absolute Gasteiger partial charge is 0.495 e. The van der Waals surface area contributed by atoms with E-state index in [1.54, 1.807) is 75.7 Å². The Morgan fingerprint density at radius 2 is 1.49 bits per heavy atom. The molecule has 2 aromatic heterocycles. The number of thiazole rings is 1. The molecule has 3 atom stereocenters. The van der Waals surface area contributed by atoms with Crippen molar-refractivity contribution in [2.24, 2.45) is 16.7 Å². The molecule has 18 nitrogen and oxygen atoms in total. The number of alkyl halides is 1. The molecule has 5 aliphatic rings. The van der Waals surface area contributed by atoms with E-state index in [-0.39, 0.29) is 38.5 Å². The van der Waals surface area contributed by atoms with Gasteiger partial charge in [0.1, 0.15) is 52.4 Å². The van der Waals surface area contributed by atoms with Crippen LogP contribution in [0.2, 0.25) is 0 Å². The van der Waals surface area contributed by atoms with Gasteiger partial charge in [-0.15, -0.1) is 11.3 Å². The first-order valence-corrected chi connectivity index (χ1v) is 30.2. The van der Waals surface area contributed by atoms with Crippen molar-refractivity contribution in [3.8, 4) is 33.4 Å². The van der Waals surface area contributed by atoms with Crippen molar-refractivity contribution in [2.45, 2.75) is 122 Å². The highest BCUT2D eigenvalue weighted by Gasteiger charge is 2.57. The molecule has 4 aromatic carbocycles. The van der Waals surface area contributed by atoms with E-state index >= 15 is 0 Å². The highest BCUT2D eigenvalue weighted by atomic mass is 32.1. The Morgan fingerprint density at radius 1 is 0.812 bits per heavy atom. The number of hydrogen-bond acceptors (Lipinski definition) is 14. The van der Waals surface area contributed by atoms with Gasteiger partial charge < -0.3 is 55.3 Å². The summed E-state index contributed by atoms with van der Waals surface area (Å²) in [4.78, 5) is 83.7. The summed E-state index contributed by atoms with van der Waals surface area (Å²) in [6.07, 6.45) is 5.41. The van der Waals surface area contributed by atoms with Gasteiger partial charge >= 0.3 is 0 Å². The summed E-state index contributed by atoms with van der Waals surface area (Å²) < 4.78 is 47.4. The molecule has 0 unspecified atom stereocenters. The molecule has 5 N–H and O–H groups in total. The van der Waals surface area contributed by atoms with Crippen molar-refractivity contribution < 1.29 is 52.1 Å². The number of methoxy groups -OCH3 is 1. The number of nitrogens with one attached hydrogen (secondary N) is 4. The zero-order chi connectivity index (χ0) is 59.8. The lowest BCUT2D eigenvalue weighted by Gasteiger charge is -2.38. The first-order chi connectivity index (χ1) is 40.7. The predicted molar refractivity (Wildman–Crippen MR) is 320 cm³/mol. The first kappa shape index (κ1) is 59.0. The predicted octanol–water partition coefficient (Wildman–Crippen LogP) is 9.33. The molecule has 6 aromatic rings. The lowest BCUT2D eigenvalue weighted by Crippen LogP contribution is -2.59. The van der Waals surface area contributed by atoms with Gasteiger partial charge in [0.05, 0.1) is 40.5 Å². The number of aliphatic hydroxyl groups is 1. The number of hydrogen-bond donors (Lipinski definition) is 5.